The summed E-state index contributed by atoms with van der Waals surface area (Å²) >= 11 is 0. The van der Waals surface area contributed by atoms with Gasteiger partial charge in [0.05, 0.1) is 24.5 Å². The molecule has 1 aromatic rings. The molecule has 1 aromatic carbocycles. The van der Waals surface area contributed by atoms with Crippen molar-refractivity contribution in [2.45, 2.75) is 18.9 Å². The van der Waals surface area contributed by atoms with Gasteiger partial charge < -0.3 is 20.5 Å². The summed E-state index contributed by atoms with van der Waals surface area (Å²) in [7, 11) is 1.25. The number of ether oxygens (including phenoxy) is 2. The molecular formula is C13H17FN2O3. The second-order valence-electron chi connectivity index (χ2n) is 4.43. The van der Waals surface area contributed by atoms with Crippen molar-refractivity contribution in [2.24, 2.45) is 0 Å². The van der Waals surface area contributed by atoms with Gasteiger partial charge in [0.2, 0.25) is 0 Å². The Morgan fingerprint density at radius 2 is 2.42 bits per heavy atom. The number of nitrogens with one attached hydrogen (secondary N) is 1. The summed E-state index contributed by atoms with van der Waals surface area (Å²) in [6.07, 6.45) is 2.05. The van der Waals surface area contributed by atoms with Crippen LogP contribution in [0.5, 0.6) is 0 Å². The predicted octanol–water partition coefficient (Wildman–Crippen LogP) is 1.79. The highest BCUT2D eigenvalue weighted by Crippen LogP contribution is 2.23. The summed E-state index contributed by atoms with van der Waals surface area (Å²) in [6.45, 7) is 1.24. The van der Waals surface area contributed by atoms with E-state index < -0.39 is 11.8 Å². The van der Waals surface area contributed by atoms with Gasteiger partial charge in [-0.3, -0.25) is 0 Å². The first kappa shape index (κ1) is 13.6. The number of nitrogens with two attached hydrogens (primary N) is 1. The van der Waals surface area contributed by atoms with E-state index in [1.807, 2.05) is 0 Å². The molecule has 1 heterocycles. The van der Waals surface area contributed by atoms with E-state index in [0.717, 1.165) is 25.5 Å². The number of anilines is 2. The highest BCUT2D eigenvalue weighted by atomic mass is 19.1. The van der Waals surface area contributed by atoms with Crippen molar-refractivity contribution in [2.75, 3.05) is 31.3 Å². The smallest absolute Gasteiger partial charge is 0.340 e. The van der Waals surface area contributed by atoms with Crippen molar-refractivity contribution in [1.82, 2.24) is 0 Å². The summed E-state index contributed by atoms with van der Waals surface area (Å²) in [4.78, 5) is 11.5. The van der Waals surface area contributed by atoms with Crippen LogP contribution in [0.2, 0.25) is 0 Å². The third kappa shape index (κ3) is 3.14. The normalized spacial score (nSPS) is 18.3. The van der Waals surface area contributed by atoms with Crippen LogP contribution in [-0.2, 0) is 9.47 Å². The molecule has 6 heteroatoms. The number of hydrogen-bond donors (Lipinski definition) is 2. The Labute approximate surface area is 110 Å². The highest BCUT2D eigenvalue weighted by Gasteiger charge is 2.18. The van der Waals surface area contributed by atoms with Gasteiger partial charge in [0.1, 0.15) is 5.82 Å². The quantitative estimate of drug-likeness (QED) is 0.643. The molecule has 5 nitrogen and oxygen atoms in total. The molecule has 1 aliphatic rings. The highest BCUT2D eigenvalue weighted by molar-refractivity contribution is 5.96. The summed E-state index contributed by atoms with van der Waals surface area (Å²) in [5.41, 5.74) is 6.03. The lowest BCUT2D eigenvalue weighted by atomic mass is 10.1. The molecule has 0 aromatic heterocycles. The van der Waals surface area contributed by atoms with Crippen molar-refractivity contribution in [1.29, 1.82) is 0 Å². The Bertz CT molecular complexity index is 473. The molecule has 0 radical (unpaired) electrons. The zero-order valence-corrected chi connectivity index (χ0v) is 10.7. The Balaban J connectivity index is 2.12. The standard InChI is InChI=1S/C13H17FN2O3/c1-18-13(17)9-5-12(10(14)6-11(9)15)16-7-8-3-2-4-19-8/h5-6,8,16H,2-4,7,15H2,1H3. The first-order chi connectivity index (χ1) is 9.11. The van der Waals surface area contributed by atoms with Crippen LogP contribution in [0.25, 0.3) is 0 Å². The molecule has 0 amide bonds. The molecule has 2 rings (SSSR count). The van der Waals surface area contributed by atoms with Crippen LogP contribution < -0.4 is 11.1 Å². The monoisotopic (exact) mass is 268 g/mol. The SMILES string of the molecule is COC(=O)c1cc(NCC2CCCO2)c(F)cc1N. The van der Waals surface area contributed by atoms with Crippen molar-refractivity contribution in [3.05, 3.63) is 23.5 Å². The van der Waals surface area contributed by atoms with Crippen LogP contribution in [0.3, 0.4) is 0 Å². The van der Waals surface area contributed by atoms with Gasteiger partial charge in [-0.25, -0.2) is 9.18 Å². The molecule has 1 fully saturated rings. The van der Waals surface area contributed by atoms with Gasteiger partial charge in [-0.05, 0) is 25.0 Å². The maximum atomic E-state index is 13.7. The summed E-state index contributed by atoms with van der Waals surface area (Å²) in [6, 6.07) is 2.48. The molecule has 0 saturated carbocycles. The Morgan fingerprint density at radius 3 is 3.05 bits per heavy atom. The molecule has 1 saturated heterocycles. The second kappa shape index (κ2) is 5.88. The lowest BCUT2D eigenvalue weighted by Gasteiger charge is -2.14. The minimum atomic E-state index is -0.585. The molecule has 1 aliphatic heterocycles. The maximum absolute atomic E-state index is 13.7. The third-order valence-corrected chi connectivity index (χ3v) is 3.09. The minimum absolute atomic E-state index is 0.0621. The first-order valence-corrected chi connectivity index (χ1v) is 6.14. The lowest BCUT2D eigenvalue weighted by Crippen LogP contribution is -2.19. The molecule has 104 valence electrons. The van der Waals surface area contributed by atoms with Crippen molar-refractivity contribution < 1.29 is 18.7 Å². The molecule has 1 atom stereocenters. The van der Waals surface area contributed by atoms with Crippen molar-refractivity contribution >= 4 is 17.3 Å². The van der Waals surface area contributed by atoms with Crippen LogP contribution in [0.1, 0.15) is 23.2 Å². The summed E-state index contributed by atoms with van der Waals surface area (Å²) < 4.78 is 23.8. The molecule has 0 bridgehead atoms. The van der Waals surface area contributed by atoms with Crippen molar-refractivity contribution in [3.63, 3.8) is 0 Å². The van der Waals surface area contributed by atoms with Gasteiger partial charge in [0.25, 0.3) is 0 Å². The number of carbonyl (C=O) groups excluding carboxylic acids is 1. The fourth-order valence-electron chi connectivity index (χ4n) is 2.04. The Hall–Kier alpha value is -1.82. The van der Waals surface area contributed by atoms with Crippen LogP contribution in [0.4, 0.5) is 15.8 Å². The topological polar surface area (TPSA) is 73.6 Å². The predicted molar refractivity (Wildman–Crippen MR) is 69.6 cm³/mol. The van der Waals surface area contributed by atoms with E-state index in [2.05, 4.69) is 10.1 Å². The van der Waals surface area contributed by atoms with Gasteiger partial charge in [0.15, 0.2) is 0 Å². The first-order valence-electron chi connectivity index (χ1n) is 6.14. The Kier molecular flexibility index (Phi) is 4.21. The number of esters is 1. The van der Waals surface area contributed by atoms with Crippen molar-refractivity contribution in [3.8, 4) is 0 Å². The van der Waals surface area contributed by atoms with Crippen LogP contribution in [-0.4, -0.2) is 32.3 Å². The molecule has 0 aliphatic carbocycles. The summed E-state index contributed by atoms with van der Waals surface area (Å²) in [5.74, 6) is -1.08. The fourth-order valence-corrected chi connectivity index (χ4v) is 2.04. The van der Waals surface area contributed by atoms with E-state index >= 15 is 0 Å². The van der Waals surface area contributed by atoms with E-state index in [4.69, 9.17) is 10.5 Å². The molecule has 1 unspecified atom stereocenters. The van der Waals surface area contributed by atoms with E-state index in [0.29, 0.717) is 6.54 Å². The van der Waals surface area contributed by atoms with E-state index in [1.54, 1.807) is 0 Å². The van der Waals surface area contributed by atoms with E-state index in [-0.39, 0.29) is 23.0 Å². The van der Waals surface area contributed by atoms with Gasteiger partial charge in [-0.15, -0.1) is 0 Å². The average molecular weight is 268 g/mol. The van der Waals surface area contributed by atoms with Crippen LogP contribution in [0, 0.1) is 5.82 Å². The summed E-state index contributed by atoms with van der Waals surface area (Å²) in [5, 5.41) is 2.94. The number of halogens is 1. The zero-order valence-electron chi connectivity index (χ0n) is 10.7. The van der Waals surface area contributed by atoms with Gasteiger partial charge in [-0.2, -0.15) is 0 Å². The number of benzene rings is 1. The van der Waals surface area contributed by atoms with E-state index in [9.17, 15) is 9.18 Å². The fraction of sp³-hybridized carbons (Fsp3) is 0.462. The van der Waals surface area contributed by atoms with Crippen LogP contribution in [0.15, 0.2) is 12.1 Å². The lowest BCUT2D eigenvalue weighted by molar-refractivity contribution is 0.0602. The molecule has 3 N–H and O–H groups in total. The largest absolute Gasteiger partial charge is 0.465 e. The number of hydrogen-bond acceptors (Lipinski definition) is 5. The second-order valence-corrected chi connectivity index (χ2v) is 4.43. The number of carbonyl (C=O) groups is 1. The average Bonchev–Trinajstić information content (AvgIpc) is 2.90. The molecule has 0 spiro atoms. The van der Waals surface area contributed by atoms with Gasteiger partial charge in [-0.1, -0.05) is 0 Å². The third-order valence-electron chi connectivity index (χ3n) is 3.09. The van der Waals surface area contributed by atoms with E-state index in [1.165, 1.54) is 13.2 Å². The number of rotatable bonds is 4. The molecular weight excluding hydrogens is 251 g/mol. The Morgan fingerprint density at radius 1 is 1.63 bits per heavy atom. The van der Waals surface area contributed by atoms with Gasteiger partial charge in [0, 0.05) is 18.8 Å². The number of methoxy groups -OCH3 is 1. The minimum Gasteiger partial charge on any atom is -0.465 e. The molecule has 19 heavy (non-hydrogen) atoms. The maximum Gasteiger partial charge on any atom is 0.340 e. The van der Waals surface area contributed by atoms with Crippen LogP contribution >= 0.6 is 0 Å². The zero-order chi connectivity index (χ0) is 13.8. The number of nitrogen functional groups attached to an aromatic ring is 1. The van der Waals surface area contributed by atoms with Gasteiger partial charge >= 0.3 is 5.97 Å².